The number of aromatic nitrogens is 3. The van der Waals surface area contributed by atoms with E-state index in [4.69, 9.17) is 9.84 Å². The van der Waals surface area contributed by atoms with Gasteiger partial charge in [0, 0.05) is 23.9 Å². The lowest BCUT2D eigenvalue weighted by molar-refractivity contribution is -0.249. The van der Waals surface area contributed by atoms with Crippen LogP contribution in [0.3, 0.4) is 0 Å². The highest BCUT2D eigenvalue weighted by atomic mass is 127. The fourth-order valence-electron chi connectivity index (χ4n) is 2.33. The van der Waals surface area contributed by atoms with Gasteiger partial charge < -0.3 is 30.5 Å². The Labute approximate surface area is 145 Å². The van der Waals surface area contributed by atoms with Gasteiger partial charge in [0.15, 0.2) is 12.3 Å². The number of ether oxygens (including phenoxy) is 1. The summed E-state index contributed by atoms with van der Waals surface area (Å²) in [6.45, 7) is 1.49. The third kappa shape index (κ3) is 4.16. The lowest BCUT2D eigenvalue weighted by Gasteiger charge is -2.38. The zero-order chi connectivity index (χ0) is 17.0. The molecule has 0 saturated carbocycles. The molecule has 0 aromatic carbocycles. The SMILES string of the molecule is O=C(O)C1OC(n2nncc2CCNCCI)C(O)C(O)C1O. The average molecular weight is 442 g/mol. The summed E-state index contributed by atoms with van der Waals surface area (Å²) < 4.78 is 7.43. The van der Waals surface area contributed by atoms with E-state index in [2.05, 4.69) is 38.2 Å². The van der Waals surface area contributed by atoms with Crippen molar-refractivity contribution in [2.24, 2.45) is 0 Å². The Morgan fingerprint density at radius 1 is 1.30 bits per heavy atom. The second-order valence-electron chi connectivity index (χ2n) is 5.12. The molecule has 10 nitrogen and oxygen atoms in total. The number of nitrogens with zero attached hydrogens (tertiary/aromatic N) is 3. The molecule has 23 heavy (non-hydrogen) atoms. The molecule has 1 aromatic heterocycles. The van der Waals surface area contributed by atoms with E-state index in [1.807, 2.05) is 0 Å². The van der Waals surface area contributed by atoms with Gasteiger partial charge >= 0.3 is 5.97 Å². The van der Waals surface area contributed by atoms with Crippen LogP contribution in [0.15, 0.2) is 6.20 Å². The van der Waals surface area contributed by atoms with E-state index in [0.717, 1.165) is 11.0 Å². The third-order valence-electron chi connectivity index (χ3n) is 3.55. The van der Waals surface area contributed by atoms with Gasteiger partial charge in [-0.25, -0.2) is 9.48 Å². The van der Waals surface area contributed by atoms with Crippen LogP contribution in [0.1, 0.15) is 11.9 Å². The van der Waals surface area contributed by atoms with Crippen LogP contribution in [0.2, 0.25) is 0 Å². The molecule has 5 unspecified atom stereocenters. The molecule has 0 aliphatic carbocycles. The molecule has 2 heterocycles. The first kappa shape index (κ1) is 18.5. The largest absolute Gasteiger partial charge is 0.479 e. The maximum absolute atomic E-state index is 11.1. The summed E-state index contributed by atoms with van der Waals surface area (Å²) >= 11 is 2.25. The third-order valence-corrected chi connectivity index (χ3v) is 4.09. The van der Waals surface area contributed by atoms with Gasteiger partial charge in [-0.05, 0) is 0 Å². The summed E-state index contributed by atoms with van der Waals surface area (Å²) in [4.78, 5) is 11.1. The van der Waals surface area contributed by atoms with Crippen molar-refractivity contribution in [3.63, 3.8) is 0 Å². The number of nitrogens with one attached hydrogen (secondary N) is 1. The van der Waals surface area contributed by atoms with Gasteiger partial charge in [0.2, 0.25) is 0 Å². The lowest BCUT2D eigenvalue weighted by Crippen LogP contribution is -2.58. The molecule has 2 rings (SSSR count). The van der Waals surface area contributed by atoms with E-state index in [1.54, 1.807) is 0 Å². The van der Waals surface area contributed by atoms with Gasteiger partial charge in [0.25, 0.3) is 0 Å². The first-order valence-electron chi connectivity index (χ1n) is 7.05. The summed E-state index contributed by atoms with van der Waals surface area (Å²) in [6.07, 6.45) is -5.80. The fourth-order valence-corrected chi connectivity index (χ4v) is 2.72. The van der Waals surface area contributed by atoms with Crippen LogP contribution < -0.4 is 5.32 Å². The zero-order valence-corrected chi connectivity index (χ0v) is 14.3. The number of halogens is 1. The van der Waals surface area contributed by atoms with Crippen molar-refractivity contribution in [2.45, 2.75) is 37.1 Å². The minimum atomic E-state index is -1.73. The second kappa shape index (κ2) is 8.30. The quantitative estimate of drug-likeness (QED) is 0.182. The predicted octanol–water partition coefficient (Wildman–Crippen LogP) is -2.09. The number of hydrogen-bond donors (Lipinski definition) is 5. The first-order valence-corrected chi connectivity index (χ1v) is 8.58. The van der Waals surface area contributed by atoms with Crippen molar-refractivity contribution in [3.05, 3.63) is 11.9 Å². The molecule has 130 valence electrons. The number of aliphatic carboxylic acids is 1. The minimum absolute atomic E-state index is 0.534. The van der Waals surface area contributed by atoms with Crippen LogP contribution in [0.25, 0.3) is 0 Å². The molecule has 1 fully saturated rings. The highest BCUT2D eigenvalue weighted by Gasteiger charge is 2.48. The molecule has 1 aromatic rings. The highest BCUT2D eigenvalue weighted by molar-refractivity contribution is 14.1. The van der Waals surface area contributed by atoms with E-state index >= 15 is 0 Å². The Bertz CT molecular complexity index is 529. The van der Waals surface area contributed by atoms with Gasteiger partial charge in [-0.3, -0.25) is 0 Å². The molecule has 1 saturated heterocycles. The van der Waals surface area contributed by atoms with E-state index in [1.165, 1.54) is 10.9 Å². The van der Waals surface area contributed by atoms with Gasteiger partial charge in [0.1, 0.15) is 18.3 Å². The summed E-state index contributed by atoms with van der Waals surface area (Å²) in [5.74, 6) is -1.43. The Balaban J connectivity index is 2.13. The Morgan fingerprint density at radius 2 is 2.04 bits per heavy atom. The van der Waals surface area contributed by atoms with Crippen LogP contribution >= 0.6 is 22.6 Å². The first-order chi connectivity index (χ1) is 11.0. The summed E-state index contributed by atoms with van der Waals surface area (Å²) in [5, 5.41) is 49.4. The second-order valence-corrected chi connectivity index (χ2v) is 6.19. The molecule has 0 spiro atoms. The number of rotatable bonds is 7. The maximum atomic E-state index is 11.1. The topological polar surface area (TPSA) is 150 Å². The zero-order valence-electron chi connectivity index (χ0n) is 12.1. The van der Waals surface area contributed by atoms with Crippen molar-refractivity contribution in [1.82, 2.24) is 20.3 Å². The standard InChI is InChI=1S/C12H19IN4O6/c13-2-4-14-3-1-6-5-15-16-17(6)11-9(20)7(18)8(19)10(23-11)12(21)22/h5,7-11,14,18-20H,1-4H2,(H,21,22). The van der Waals surface area contributed by atoms with Gasteiger partial charge in [-0.2, -0.15) is 0 Å². The van der Waals surface area contributed by atoms with Gasteiger partial charge in [-0.1, -0.05) is 27.8 Å². The number of carboxylic acid groups (broad SMARTS) is 1. The number of alkyl halides is 1. The Kier molecular flexibility index (Phi) is 6.67. The van der Waals surface area contributed by atoms with Crippen LogP contribution in [0.4, 0.5) is 0 Å². The number of aliphatic hydroxyl groups excluding tert-OH is 3. The summed E-state index contributed by atoms with van der Waals surface area (Å²) in [7, 11) is 0. The van der Waals surface area contributed by atoms with Crippen molar-refractivity contribution >= 4 is 28.6 Å². The highest BCUT2D eigenvalue weighted by Crippen LogP contribution is 2.28. The smallest absolute Gasteiger partial charge is 0.335 e. The van der Waals surface area contributed by atoms with Crippen molar-refractivity contribution in [2.75, 3.05) is 17.5 Å². The van der Waals surface area contributed by atoms with E-state index in [-0.39, 0.29) is 0 Å². The number of aliphatic hydroxyl groups is 3. The molecule has 0 amide bonds. The van der Waals surface area contributed by atoms with Gasteiger partial charge in [-0.15, -0.1) is 5.10 Å². The van der Waals surface area contributed by atoms with Crippen molar-refractivity contribution in [1.29, 1.82) is 0 Å². The maximum Gasteiger partial charge on any atom is 0.335 e. The Hall–Kier alpha value is -0.860. The molecule has 0 bridgehead atoms. The Morgan fingerprint density at radius 3 is 2.70 bits per heavy atom. The molecule has 5 atom stereocenters. The van der Waals surface area contributed by atoms with E-state index in [0.29, 0.717) is 18.7 Å². The van der Waals surface area contributed by atoms with Crippen LogP contribution in [-0.4, -0.2) is 83.3 Å². The van der Waals surface area contributed by atoms with Crippen molar-refractivity contribution in [3.8, 4) is 0 Å². The lowest BCUT2D eigenvalue weighted by atomic mass is 9.98. The molecule has 5 N–H and O–H groups in total. The number of carboxylic acids is 1. The molecule has 0 radical (unpaired) electrons. The molecule has 1 aliphatic rings. The van der Waals surface area contributed by atoms with E-state index in [9.17, 15) is 20.1 Å². The predicted molar refractivity (Wildman–Crippen MR) is 85.0 cm³/mol. The minimum Gasteiger partial charge on any atom is -0.479 e. The molecular weight excluding hydrogens is 423 g/mol. The number of hydrogen-bond acceptors (Lipinski definition) is 8. The monoisotopic (exact) mass is 442 g/mol. The van der Waals surface area contributed by atoms with Crippen LogP contribution in [0, 0.1) is 0 Å². The van der Waals surface area contributed by atoms with Gasteiger partial charge in [0.05, 0.1) is 11.9 Å². The van der Waals surface area contributed by atoms with Crippen LogP contribution in [-0.2, 0) is 16.0 Å². The molecule has 1 aliphatic heterocycles. The number of carbonyl (C=O) groups is 1. The fraction of sp³-hybridized carbons (Fsp3) is 0.750. The summed E-state index contributed by atoms with van der Waals surface area (Å²) in [5.41, 5.74) is 0.614. The van der Waals surface area contributed by atoms with Crippen molar-refractivity contribution < 1.29 is 30.0 Å². The normalized spacial score (nSPS) is 31.2. The summed E-state index contributed by atoms with van der Waals surface area (Å²) in [6, 6.07) is 0. The van der Waals surface area contributed by atoms with Crippen LogP contribution in [0.5, 0.6) is 0 Å². The molecule has 11 heteroatoms. The molecular formula is C12H19IN4O6. The van der Waals surface area contributed by atoms with E-state index < -0.39 is 36.6 Å². The average Bonchev–Trinajstić information content (AvgIpc) is 2.97.